The van der Waals surface area contributed by atoms with Gasteiger partial charge in [0.15, 0.2) is 0 Å². The van der Waals surface area contributed by atoms with Crippen LogP contribution < -0.4 is 15.5 Å². The summed E-state index contributed by atoms with van der Waals surface area (Å²) in [4.78, 5) is 10.8. The maximum absolute atomic E-state index is 10.8. The highest BCUT2D eigenvalue weighted by Crippen LogP contribution is 2.14. The third-order valence-corrected chi connectivity index (χ3v) is 1.74. The fourth-order valence-electron chi connectivity index (χ4n) is 0.989. The van der Waals surface area contributed by atoms with Crippen LogP contribution in [0.15, 0.2) is 29.4 Å². The molecule has 5 heteroatoms. The summed E-state index contributed by atoms with van der Waals surface area (Å²) in [6.07, 6.45) is 1.52. The first kappa shape index (κ1) is 11.0. The minimum absolute atomic E-state index is 0.360. The summed E-state index contributed by atoms with van der Waals surface area (Å²) < 4.78 is 5.11. The van der Waals surface area contributed by atoms with E-state index in [9.17, 15) is 4.79 Å². The van der Waals surface area contributed by atoms with E-state index in [2.05, 4.69) is 15.8 Å². The first-order valence-corrected chi connectivity index (χ1v) is 4.41. The van der Waals surface area contributed by atoms with Crippen molar-refractivity contribution >= 4 is 12.2 Å². The molecule has 5 nitrogen and oxygen atoms in total. The summed E-state index contributed by atoms with van der Waals surface area (Å²) in [5, 5.41) is 6.14. The van der Waals surface area contributed by atoms with E-state index < -0.39 is 0 Å². The van der Waals surface area contributed by atoms with Crippen molar-refractivity contribution in [1.29, 1.82) is 0 Å². The largest absolute Gasteiger partial charge is 0.496 e. The molecular formula is C10H13N3O2. The lowest BCUT2D eigenvalue weighted by Crippen LogP contribution is -2.28. The maximum Gasteiger partial charge on any atom is 0.334 e. The third-order valence-electron chi connectivity index (χ3n) is 1.74. The molecule has 0 radical (unpaired) electrons. The van der Waals surface area contributed by atoms with E-state index in [1.54, 1.807) is 7.11 Å². The first-order valence-electron chi connectivity index (χ1n) is 4.41. The molecule has 15 heavy (non-hydrogen) atoms. The molecule has 0 saturated carbocycles. The van der Waals surface area contributed by atoms with Crippen LogP contribution in [0.3, 0.4) is 0 Å². The minimum Gasteiger partial charge on any atom is -0.496 e. The van der Waals surface area contributed by atoms with E-state index in [1.807, 2.05) is 24.3 Å². The summed E-state index contributed by atoms with van der Waals surface area (Å²) >= 11 is 0. The number of benzene rings is 1. The van der Waals surface area contributed by atoms with Gasteiger partial charge in [-0.25, -0.2) is 10.2 Å². The molecule has 0 saturated heterocycles. The average Bonchev–Trinajstić information content (AvgIpc) is 2.29. The molecule has 1 aromatic carbocycles. The quantitative estimate of drug-likeness (QED) is 0.572. The number of hydrogen-bond acceptors (Lipinski definition) is 3. The van der Waals surface area contributed by atoms with Gasteiger partial charge in [0.05, 0.1) is 13.3 Å². The number of hydrogen-bond donors (Lipinski definition) is 2. The lowest BCUT2D eigenvalue weighted by Gasteiger charge is -2.02. The molecule has 0 heterocycles. The van der Waals surface area contributed by atoms with Crippen molar-refractivity contribution in [3.63, 3.8) is 0 Å². The molecule has 2 amide bonds. The molecule has 0 spiro atoms. The Kier molecular flexibility index (Phi) is 4.15. The number of ether oxygens (including phenoxy) is 1. The fourth-order valence-corrected chi connectivity index (χ4v) is 0.989. The molecule has 0 aliphatic heterocycles. The van der Waals surface area contributed by atoms with Crippen molar-refractivity contribution < 1.29 is 9.53 Å². The summed E-state index contributed by atoms with van der Waals surface area (Å²) in [7, 11) is 3.10. The Morgan fingerprint density at radius 2 is 2.20 bits per heavy atom. The second-order valence-electron chi connectivity index (χ2n) is 2.69. The van der Waals surface area contributed by atoms with Gasteiger partial charge in [0.2, 0.25) is 0 Å². The molecule has 0 atom stereocenters. The number of rotatable bonds is 3. The number of carbonyl (C=O) groups excluding carboxylic acids is 1. The molecule has 80 valence electrons. The highest BCUT2D eigenvalue weighted by atomic mass is 16.5. The Hall–Kier alpha value is -2.04. The fraction of sp³-hybridized carbons (Fsp3) is 0.200. The van der Waals surface area contributed by atoms with Crippen LogP contribution in [0.5, 0.6) is 5.75 Å². The van der Waals surface area contributed by atoms with Gasteiger partial charge in [0.1, 0.15) is 5.75 Å². The van der Waals surface area contributed by atoms with Crippen molar-refractivity contribution in [1.82, 2.24) is 10.7 Å². The number of urea groups is 1. The van der Waals surface area contributed by atoms with E-state index in [0.29, 0.717) is 5.75 Å². The van der Waals surface area contributed by atoms with Crippen molar-refractivity contribution in [2.45, 2.75) is 0 Å². The zero-order valence-corrected chi connectivity index (χ0v) is 8.65. The average molecular weight is 207 g/mol. The lowest BCUT2D eigenvalue weighted by atomic mass is 10.2. The number of nitrogens with zero attached hydrogens (tertiary/aromatic N) is 1. The molecule has 0 unspecified atom stereocenters. The van der Waals surface area contributed by atoms with Crippen molar-refractivity contribution in [3.05, 3.63) is 29.8 Å². The topological polar surface area (TPSA) is 62.7 Å². The van der Waals surface area contributed by atoms with E-state index >= 15 is 0 Å². The standard InChI is InChI=1S/C10H13N3O2/c1-11-10(14)13-12-7-8-5-3-4-6-9(8)15-2/h3-7H,1-2H3,(H2,11,13,14). The normalized spacial score (nSPS) is 10.0. The Balaban J connectivity index is 2.67. The van der Waals surface area contributed by atoms with Gasteiger partial charge in [0.25, 0.3) is 0 Å². The van der Waals surface area contributed by atoms with Gasteiger partial charge < -0.3 is 10.1 Å². The van der Waals surface area contributed by atoms with Gasteiger partial charge in [-0.3, -0.25) is 0 Å². The van der Waals surface area contributed by atoms with E-state index in [-0.39, 0.29) is 6.03 Å². The summed E-state index contributed by atoms with van der Waals surface area (Å²) in [6.45, 7) is 0. The zero-order valence-electron chi connectivity index (χ0n) is 8.65. The highest BCUT2D eigenvalue weighted by Gasteiger charge is 1.97. The van der Waals surface area contributed by atoms with Crippen molar-refractivity contribution in [3.8, 4) is 5.75 Å². The second-order valence-corrected chi connectivity index (χ2v) is 2.69. The number of carbonyl (C=O) groups is 1. The van der Waals surface area contributed by atoms with E-state index in [0.717, 1.165) is 5.56 Å². The van der Waals surface area contributed by atoms with Crippen LogP contribution in [0.1, 0.15) is 5.56 Å². The molecule has 0 aromatic heterocycles. The summed E-state index contributed by atoms with van der Waals surface area (Å²) in [5.41, 5.74) is 3.10. The lowest BCUT2D eigenvalue weighted by molar-refractivity contribution is 0.243. The van der Waals surface area contributed by atoms with Crippen molar-refractivity contribution in [2.75, 3.05) is 14.2 Å². The molecule has 1 rings (SSSR count). The van der Waals surface area contributed by atoms with Crippen LogP contribution in [0.2, 0.25) is 0 Å². The molecule has 0 fully saturated rings. The van der Waals surface area contributed by atoms with Gasteiger partial charge in [-0.15, -0.1) is 0 Å². The monoisotopic (exact) mass is 207 g/mol. The van der Waals surface area contributed by atoms with Crippen LogP contribution in [0.25, 0.3) is 0 Å². The van der Waals surface area contributed by atoms with Gasteiger partial charge >= 0.3 is 6.03 Å². The Morgan fingerprint density at radius 1 is 1.47 bits per heavy atom. The Morgan fingerprint density at radius 3 is 2.87 bits per heavy atom. The summed E-state index contributed by atoms with van der Waals surface area (Å²) in [6, 6.07) is 7.03. The summed E-state index contributed by atoms with van der Waals surface area (Å²) in [5.74, 6) is 0.708. The van der Waals surface area contributed by atoms with Crippen LogP contribution in [0.4, 0.5) is 4.79 Å². The van der Waals surface area contributed by atoms with Crippen LogP contribution >= 0.6 is 0 Å². The molecule has 0 aliphatic rings. The first-order chi connectivity index (χ1) is 7.27. The van der Waals surface area contributed by atoms with Crippen LogP contribution in [-0.2, 0) is 0 Å². The molecule has 0 bridgehead atoms. The van der Waals surface area contributed by atoms with Gasteiger partial charge in [-0.2, -0.15) is 5.10 Å². The predicted octanol–water partition coefficient (Wildman–Crippen LogP) is 0.958. The van der Waals surface area contributed by atoms with Gasteiger partial charge in [-0.05, 0) is 12.1 Å². The number of amides is 2. The SMILES string of the molecule is CNC(=O)NN=Cc1ccccc1OC. The van der Waals surface area contributed by atoms with E-state index in [1.165, 1.54) is 13.3 Å². The smallest absolute Gasteiger partial charge is 0.334 e. The van der Waals surface area contributed by atoms with E-state index in [4.69, 9.17) is 4.74 Å². The maximum atomic E-state index is 10.8. The van der Waals surface area contributed by atoms with Gasteiger partial charge in [0, 0.05) is 12.6 Å². The zero-order chi connectivity index (χ0) is 11.1. The van der Waals surface area contributed by atoms with Gasteiger partial charge in [-0.1, -0.05) is 12.1 Å². The number of methoxy groups -OCH3 is 1. The van der Waals surface area contributed by atoms with Crippen LogP contribution in [-0.4, -0.2) is 26.4 Å². The number of nitrogens with one attached hydrogen (secondary N) is 2. The van der Waals surface area contributed by atoms with Crippen LogP contribution in [0, 0.1) is 0 Å². The molecule has 2 N–H and O–H groups in total. The number of hydrazone groups is 1. The number of para-hydroxylation sites is 1. The molecular weight excluding hydrogens is 194 g/mol. The second kappa shape index (κ2) is 5.64. The Bertz CT molecular complexity index is 363. The predicted molar refractivity (Wildman–Crippen MR) is 58.2 cm³/mol. The Labute approximate surface area is 88.1 Å². The molecule has 1 aromatic rings. The molecule has 0 aliphatic carbocycles. The highest BCUT2D eigenvalue weighted by molar-refractivity contribution is 5.84. The third kappa shape index (κ3) is 3.30. The minimum atomic E-state index is -0.360. The van der Waals surface area contributed by atoms with Crippen molar-refractivity contribution in [2.24, 2.45) is 5.10 Å².